The molecule has 0 saturated carbocycles. The number of unbranched alkanes of at least 4 members (excludes halogenated alkanes) is 2. The summed E-state index contributed by atoms with van der Waals surface area (Å²) in [6, 6.07) is 2.87. The van der Waals surface area contributed by atoms with Crippen molar-refractivity contribution in [2.45, 2.75) is 32.6 Å². The van der Waals surface area contributed by atoms with Crippen LogP contribution in [0.2, 0.25) is 0 Å². The molecule has 1 amide bonds. The fourth-order valence-electron chi connectivity index (χ4n) is 1.83. The number of aryl methyl sites for hydroxylation is 2. The fraction of sp³-hybridized carbons (Fsp3) is 0.429. The molecule has 2 heterocycles. The third-order valence-corrected chi connectivity index (χ3v) is 3.93. The van der Waals surface area contributed by atoms with Crippen molar-refractivity contribution >= 4 is 22.4 Å². The maximum absolute atomic E-state index is 12.1. The molecule has 0 radical (unpaired) electrons. The monoisotopic (exact) mass is 306 g/mol. The lowest BCUT2D eigenvalue weighted by molar-refractivity contribution is 0.102. The van der Waals surface area contributed by atoms with Gasteiger partial charge in [-0.3, -0.25) is 14.9 Å². The van der Waals surface area contributed by atoms with E-state index in [1.807, 2.05) is 0 Å². The minimum absolute atomic E-state index is 0.152. The minimum Gasteiger partial charge on any atom is -0.318 e. The summed E-state index contributed by atoms with van der Waals surface area (Å²) >= 11 is 1.39. The second-order valence-electron chi connectivity index (χ2n) is 4.78. The summed E-state index contributed by atoms with van der Waals surface area (Å²) in [5.41, 5.74) is 0.264. The smallest absolute Gasteiger partial charge is 0.258 e. The van der Waals surface area contributed by atoms with E-state index in [4.69, 9.17) is 0 Å². The van der Waals surface area contributed by atoms with Crippen LogP contribution in [-0.4, -0.2) is 20.7 Å². The average molecular weight is 306 g/mol. The molecule has 2 aromatic rings. The van der Waals surface area contributed by atoms with Crippen LogP contribution in [0.3, 0.4) is 0 Å². The highest BCUT2D eigenvalue weighted by Gasteiger charge is 2.10. The molecule has 2 aromatic heterocycles. The molecule has 0 bridgehead atoms. The van der Waals surface area contributed by atoms with Crippen LogP contribution in [0.1, 0.15) is 41.6 Å². The summed E-state index contributed by atoms with van der Waals surface area (Å²) in [5, 5.41) is 12.2. The molecule has 0 fully saturated rings. The van der Waals surface area contributed by atoms with Gasteiger partial charge in [-0.25, -0.2) is 0 Å². The molecule has 0 aliphatic carbocycles. The van der Waals surface area contributed by atoms with Crippen molar-refractivity contribution in [1.82, 2.24) is 14.8 Å². The molecule has 2 rings (SSSR count). The Morgan fingerprint density at radius 3 is 2.86 bits per heavy atom. The van der Waals surface area contributed by atoms with Gasteiger partial charge in [-0.2, -0.15) is 0 Å². The number of hydrogen-bond donors (Lipinski definition) is 1. The van der Waals surface area contributed by atoms with Crippen molar-refractivity contribution in [3.63, 3.8) is 0 Å². The van der Waals surface area contributed by atoms with Gasteiger partial charge in [0.1, 0.15) is 5.01 Å². The standard InChI is InChI=1S/C14H18N4O2S/c1-3-4-5-6-11-16-17-14(21-11)15-13(20)10-7-8-12(19)18(2)9-10/h7-9H,3-6H2,1-2H3,(H,15,17,20). The Morgan fingerprint density at radius 2 is 2.14 bits per heavy atom. The number of rotatable bonds is 6. The van der Waals surface area contributed by atoms with E-state index in [1.54, 1.807) is 7.05 Å². The highest BCUT2D eigenvalue weighted by molar-refractivity contribution is 7.15. The van der Waals surface area contributed by atoms with Crippen molar-refractivity contribution in [1.29, 1.82) is 0 Å². The lowest BCUT2D eigenvalue weighted by atomic mass is 10.2. The Labute approximate surface area is 126 Å². The molecule has 0 saturated heterocycles. The van der Waals surface area contributed by atoms with Gasteiger partial charge >= 0.3 is 0 Å². The number of amides is 1. The van der Waals surface area contributed by atoms with Gasteiger partial charge in [-0.05, 0) is 12.5 Å². The molecule has 1 N–H and O–H groups in total. The molecule has 112 valence electrons. The van der Waals surface area contributed by atoms with Crippen molar-refractivity contribution in [3.05, 3.63) is 39.3 Å². The average Bonchev–Trinajstić information content (AvgIpc) is 2.89. The largest absolute Gasteiger partial charge is 0.318 e. The van der Waals surface area contributed by atoms with Crippen LogP contribution in [0.4, 0.5) is 5.13 Å². The second kappa shape index (κ2) is 7.12. The third-order valence-electron chi connectivity index (χ3n) is 3.03. The van der Waals surface area contributed by atoms with Gasteiger partial charge in [-0.1, -0.05) is 31.1 Å². The van der Waals surface area contributed by atoms with E-state index >= 15 is 0 Å². The molecule has 21 heavy (non-hydrogen) atoms. The fourth-order valence-corrected chi connectivity index (χ4v) is 2.61. The van der Waals surface area contributed by atoms with E-state index in [9.17, 15) is 9.59 Å². The SMILES string of the molecule is CCCCCc1nnc(NC(=O)c2ccc(=O)n(C)c2)s1. The molecule has 0 aromatic carbocycles. The summed E-state index contributed by atoms with van der Waals surface area (Å²) in [6.07, 6.45) is 5.80. The first-order valence-corrected chi connectivity index (χ1v) is 7.72. The summed E-state index contributed by atoms with van der Waals surface area (Å²) < 4.78 is 1.37. The first kappa shape index (κ1) is 15.4. The maximum Gasteiger partial charge on any atom is 0.258 e. The summed E-state index contributed by atoms with van der Waals surface area (Å²) in [5.74, 6) is -0.290. The van der Waals surface area contributed by atoms with Crippen molar-refractivity contribution in [2.75, 3.05) is 5.32 Å². The van der Waals surface area contributed by atoms with Crippen molar-refractivity contribution in [2.24, 2.45) is 7.05 Å². The first-order valence-electron chi connectivity index (χ1n) is 6.90. The molecule has 0 atom stereocenters. The van der Waals surface area contributed by atoms with E-state index in [-0.39, 0.29) is 11.5 Å². The molecule has 0 spiro atoms. The second-order valence-corrected chi connectivity index (χ2v) is 5.84. The van der Waals surface area contributed by atoms with Crippen molar-refractivity contribution < 1.29 is 4.79 Å². The number of anilines is 1. The van der Waals surface area contributed by atoms with Gasteiger partial charge in [-0.15, -0.1) is 10.2 Å². The summed E-state index contributed by atoms with van der Waals surface area (Å²) in [7, 11) is 1.61. The number of nitrogens with zero attached hydrogens (tertiary/aromatic N) is 3. The highest BCUT2D eigenvalue weighted by Crippen LogP contribution is 2.18. The molecule has 0 unspecified atom stereocenters. The number of aromatic nitrogens is 3. The van der Waals surface area contributed by atoms with Crippen LogP contribution in [-0.2, 0) is 13.5 Å². The normalized spacial score (nSPS) is 10.6. The Balaban J connectivity index is 1.99. The number of pyridine rings is 1. The number of nitrogens with one attached hydrogen (secondary N) is 1. The van der Waals surface area contributed by atoms with E-state index in [1.165, 1.54) is 40.7 Å². The quantitative estimate of drug-likeness (QED) is 0.830. The van der Waals surface area contributed by atoms with Crippen LogP contribution in [0, 0.1) is 0 Å². The molecule has 7 heteroatoms. The van der Waals surface area contributed by atoms with E-state index in [2.05, 4.69) is 22.4 Å². The van der Waals surface area contributed by atoms with Gasteiger partial charge in [0.05, 0.1) is 5.56 Å². The topological polar surface area (TPSA) is 76.9 Å². The zero-order valence-electron chi connectivity index (χ0n) is 12.1. The van der Waals surface area contributed by atoms with Crippen LogP contribution in [0.15, 0.2) is 23.1 Å². The predicted octanol–water partition coefficient (Wildman–Crippen LogP) is 2.22. The molecule has 0 aliphatic rings. The Kier molecular flexibility index (Phi) is 5.21. The molecular formula is C14H18N4O2S. The zero-order valence-corrected chi connectivity index (χ0v) is 12.9. The van der Waals surface area contributed by atoms with E-state index < -0.39 is 0 Å². The number of hydrogen-bond acceptors (Lipinski definition) is 5. The molecular weight excluding hydrogens is 288 g/mol. The Bertz CT molecular complexity index is 678. The van der Waals surface area contributed by atoms with Gasteiger partial charge < -0.3 is 4.57 Å². The summed E-state index contributed by atoms with van der Waals surface area (Å²) in [4.78, 5) is 23.4. The lowest BCUT2D eigenvalue weighted by Crippen LogP contribution is -2.19. The maximum atomic E-state index is 12.1. The predicted molar refractivity (Wildman–Crippen MR) is 82.8 cm³/mol. The van der Waals surface area contributed by atoms with Crippen LogP contribution < -0.4 is 10.9 Å². The third kappa shape index (κ3) is 4.22. The minimum atomic E-state index is -0.290. The summed E-state index contributed by atoms with van der Waals surface area (Å²) in [6.45, 7) is 2.15. The van der Waals surface area contributed by atoms with Crippen LogP contribution in [0.5, 0.6) is 0 Å². The van der Waals surface area contributed by atoms with Crippen LogP contribution in [0.25, 0.3) is 0 Å². The number of carbonyl (C=O) groups is 1. The van der Waals surface area contributed by atoms with Gasteiger partial charge in [0.25, 0.3) is 5.91 Å². The van der Waals surface area contributed by atoms with Gasteiger partial charge in [0, 0.05) is 25.7 Å². The Morgan fingerprint density at radius 1 is 1.33 bits per heavy atom. The van der Waals surface area contributed by atoms with E-state index in [0.717, 1.165) is 24.3 Å². The first-order chi connectivity index (χ1) is 10.1. The molecule has 6 nitrogen and oxygen atoms in total. The highest BCUT2D eigenvalue weighted by atomic mass is 32.1. The van der Waals surface area contributed by atoms with Gasteiger partial charge in [0.2, 0.25) is 10.7 Å². The lowest BCUT2D eigenvalue weighted by Gasteiger charge is -2.02. The van der Waals surface area contributed by atoms with E-state index in [0.29, 0.717) is 10.7 Å². The van der Waals surface area contributed by atoms with Gasteiger partial charge in [0.15, 0.2) is 0 Å². The molecule has 0 aliphatic heterocycles. The van der Waals surface area contributed by atoms with Crippen LogP contribution >= 0.6 is 11.3 Å². The van der Waals surface area contributed by atoms with Crippen molar-refractivity contribution in [3.8, 4) is 0 Å². The zero-order chi connectivity index (χ0) is 15.2. The number of carbonyl (C=O) groups excluding carboxylic acids is 1. The Hall–Kier alpha value is -2.02.